The maximum atomic E-state index is 15.6. The van der Waals surface area contributed by atoms with Crippen molar-refractivity contribution in [3.05, 3.63) is 67.5 Å². The van der Waals surface area contributed by atoms with Gasteiger partial charge in [0.2, 0.25) is 0 Å². The van der Waals surface area contributed by atoms with Crippen LogP contribution in [0.1, 0.15) is 74.1 Å². The number of hydrogen-bond donors (Lipinski definition) is 15. The summed E-state index contributed by atoms with van der Waals surface area (Å²) in [6, 6.07) is 0. The quantitative estimate of drug-likeness (QED) is 0.0356. The molecule has 0 aliphatic heterocycles. The Bertz CT molecular complexity index is 3250. The molecule has 3 rings (SSSR count). The molecule has 0 radical (unpaired) electrons. The number of benzene rings is 3. The summed E-state index contributed by atoms with van der Waals surface area (Å²) >= 11 is 14.1. The first kappa shape index (κ1) is 83.5. The molecule has 30 nitrogen and oxygen atoms in total. The molecule has 0 fully saturated rings. The number of nitrogens with one attached hydrogen (secondary N) is 3. The Morgan fingerprint density at radius 2 is 0.604 bits per heavy atom. The van der Waals surface area contributed by atoms with Crippen LogP contribution in [0.3, 0.4) is 0 Å². The number of nitrogens with zero attached hydrogens (tertiary/aromatic N) is 6. The number of halogens is 8. The van der Waals surface area contributed by atoms with Crippen molar-refractivity contribution in [2.24, 2.45) is 0 Å². The zero-order valence-corrected chi connectivity index (χ0v) is 66.4. The minimum absolute atomic E-state index is 0.00642. The maximum Gasteiger partial charge on any atom is 0.256 e. The average Bonchev–Trinajstić information content (AvgIpc) is 0.783. The van der Waals surface area contributed by atoms with E-state index in [0.717, 1.165) is 14.7 Å². The van der Waals surface area contributed by atoms with E-state index in [1.54, 1.807) is 181 Å². The molecule has 506 valence electrons. The number of carbonyl (C=O) groups is 9. The largest absolute Gasteiger partial charge is 0.394 e. The van der Waals surface area contributed by atoms with Crippen molar-refractivity contribution in [1.29, 1.82) is 0 Å². The lowest BCUT2D eigenvalue weighted by Gasteiger charge is -2.30. The molecular weight excluding hydrogens is 2110 g/mol. The number of hydrogen-bond acceptors (Lipinski definition) is 21. The standard InChI is InChI=1S/C53H67I8N9O21/c1-21-28(34(54)29(50(88)67(4)12-22(77)15-71)37(57)42(21)62-45(83)25(80)18-74)48(86)66(3)10-11-70(53(91)33-36(56)32(52(90)69(6)14-24(79)17-73)40(60)44(41(33)61)64-47(85)27(82)20-76)9-7-8-65(2)49(87)30-35(55)31(51(89)68(5)13-23(78)16-72)39(59)43(38(30)58)63-46(84)26(81)19-75/h22-27,71-82H,7-20H2,1-6H3,(H,62,83)(H,63,84)(H,64,85). The van der Waals surface area contributed by atoms with Gasteiger partial charge in [-0.3, -0.25) is 43.2 Å². The molecular formula is C53H67I8N9O21. The third kappa shape index (κ3) is 20.9. The molecule has 9 amide bonds. The SMILES string of the molecule is Cc1c(NC(=O)C(O)CO)c(I)c(C(=O)N(C)CC(O)CO)c(I)c1C(=O)N(C)CCN(CCCN(C)C(=O)c1c(I)c(NC(=O)C(O)CO)c(I)c(C(=O)N(C)CC(O)CO)c1I)C(=O)c1c(I)c(NC(=O)C(O)CO)c(I)c(C(=O)N(C)CC(O)CO)c1I. The van der Waals surface area contributed by atoms with Gasteiger partial charge in [-0.15, -0.1) is 0 Å². The maximum absolute atomic E-state index is 15.6. The smallest absolute Gasteiger partial charge is 0.256 e. The predicted molar refractivity (Wildman–Crippen MR) is 396 cm³/mol. The number of aliphatic hydroxyl groups is 12. The van der Waals surface area contributed by atoms with Crippen molar-refractivity contribution in [1.82, 2.24) is 29.4 Å². The summed E-state index contributed by atoms with van der Waals surface area (Å²) in [7, 11) is 6.70. The van der Waals surface area contributed by atoms with Gasteiger partial charge >= 0.3 is 0 Å². The van der Waals surface area contributed by atoms with Crippen molar-refractivity contribution in [3.63, 3.8) is 0 Å². The van der Waals surface area contributed by atoms with E-state index in [9.17, 15) is 94.8 Å². The van der Waals surface area contributed by atoms with Crippen LogP contribution in [0.25, 0.3) is 0 Å². The van der Waals surface area contributed by atoms with Crippen molar-refractivity contribution < 1.29 is 104 Å². The summed E-state index contributed by atoms with van der Waals surface area (Å²) in [5.41, 5.74) is -1.16. The summed E-state index contributed by atoms with van der Waals surface area (Å²) in [5, 5.41) is 127. The summed E-state index contributed by atoms with van der Waals surface area (Å²) in [6.45, 7) is -5.95. The molecule has 6 atom stereocenters. The second-order valence-electron chi connectivity index (χ2n) is 20.2. The monoisotopic (exact) mass is 2180 g/mol. The second-order valence-corrected chi connectivity index (χ2v) is 28.9. The zero-order chi connectivity index (χ0) is 69.5. The van der Waals surface area contributed by atoms with Crippen LogP contribution >= 0.6 is 181 Å². The molecule has 0 heterocycles. The van der Waals surface area contributed by atoms with Gasteiger partial charge in [-0.05, 0) is 200 Å². The molecule has 0 aliphatic rings. The van der Waals surface area contributed by atoms with E-state index >= 15 is 9.59 Å². The molecule has 3 aromatic rings. The van der Waals surface area contributed by atoms with Crippen LogP contribution < -0.4 is 16.0 Å². The number of aliphatic hydroxyl groups excluding tert-OH is 12. The number of amides is 9. The fourth-order valence-corrected chi connectivity index (χ4v) is 19.7. The van der Waals surface area contributed by atoms with Gasteiger partial charge in [0.15, 0.2) is 18.3 Å². The third-order valence-corrected chi connectivity index (χ3v) is 22.1. The van der Waals surface area contributed by atoms with Gasteiger partial charge in [0.25, 0.3) is 53.2 Å². The molecule has 91 heavy (non-hydrogen) atoms. The summed E-state index contributed by atoms with van der Waals surface area (Å²) in [4.78, 5) is 135. The van der Waals surface area contributed by atoms with Crippen LogP contribution in [-0.2, 0) is 14.4 Å². The van der Waals surface area contributed by atoms with Gasteiger partial charge in [-0.1, -0.05) is 0 Å². The fourth-order valence-electron chi connectivity index (χ4n) is 8.33. The van der Waals surface area contributed by atoms with Crippen molar-refractivity contribution in [3.8, 4) is 0 Å². The Morgan fingerprint density at radius 3 is 0.923 bits per heavy atom. The molecule has 38 heteroatoms. The highest BCUT2D eigenvalue weighted by atomic mass is 127. The molecule has 0 saturated carbocycles. The molecule has 0 bridgehead atoms. The van der Waals surface area contributed by atoms with Gasteiger partial charge in [0.1, 0.15) is 0 Å². The fraction of sp³-hybridized carbons (Fsp3) is 0.491. The average molecular weight is 2180 g/mol. The predicted octanol–water partition coefficient (Wildman–Crippen LogP) is -0.641. The van der Waals surface area contributed by atoms with Crippen molar-refractivity contribution in [2.45, 2.75) is 50.0 Å². The first-order chi connectivity index (χ1) is 42.5. The van der Waals surface area contributed by atoms with Gasteiger partial charge in [-0.2, -0.15) is 0 Å². The highest BCUT2D eigenvalue weighted by Crippen LogP contribution is 2.40. The Hall–Kier alpha value is -1.75. The lowest BCUT2D eigenvalue weighted by atomic mass is 10.00. The Morgan fingerprint density at radius 1 is 0.341 bits per heavy atom. The highest BCUT2D eigenvalue weighted by molar-refractivity contribution is 14.1. The molecule has 0 aromatic heterocycles. The van der Waals surface area contributed by atoms with Gasteiger partial charge in [0.05, 0.1) is 126 Å². The van der Waals surface area contributed by atoms with E-state index in [0.29, 0.717) is 0 Å². The van der Waals surface area contributed by atoms with E-state index in [1.807, 2.05) is 0 Å². The highest BCUT2D eigenvalue weighted by Gasteiger charge is 2.37. The van der Waals surface area contributed by atoms with E-state index in [-0.39, 0.29) is 130 Å². The minimum Gasteiger partial charge on any atom is -0.394 e. The molecule has 0 saturated heterocycles. The first-order valence-corrected chi connectivity index (χ1v) is 35.3. The Kier molecular flexibility index (Phi) is 35.2. The van der Waals surface area contributed by atoms with E-state index in [4.69, 9.17) is 0 Å². The summed E-state index contributed by atoms with van der Waals surface area (Å²) in [5.74, 6) is -7.98. The van der Waals surface area contributed by atoms with Gasteiger partial charge < -0.3 is 107 Å². The minimum atomic E-state index is -1.97. The molecule has 0 spiro atoms. The van der Waals surface area contributed by atoms with E-state index in [1.165, 1.54) is 56.9 Å². The lowest BCUT2D eigenvalue weighted by Crippen LogP contribution is -2.42. The van der Waals surface area contributed by atoms with Crippen LogP contribution in [0.15, 0.2) is 0 Å². The van der Waals surface area contributed by atoms with Crippen LogP contribution in [-0.4, -0.2) is 301 Å². The van der Waals surface area contributed by atoms with Crippen molar-refractivity contribution >= 4 is 251 Å². The van der Waals surface area contributed by atoms with Crippen LogP contribution in [0.4, 0.5) is 17.1 Å². The van der Waals surface area contributed by atoms with Crippen molar-refractivity contribution in [2.75, 3.05) is 137 Å². The molecule has 3 aromatic carbocycles. The Labute approximate surface area is 631 Å². The first-order valence-electron chi connectivity index (χ1n) is 26.6. The molecule has 6 unspecified atom stereocenters. The lowest BCUT2D eigenvalue weighted by molar-refractivity contribution is -0.126. The number of carbonyl (C=O) groups excluding carboxylic acids is 9. The third-order valence-electron chi connectivity index (χ3n) is 13.5. The summed E-state index contributed by atoms with van der Waals surface area (Å²) < 4.78 is 0.522. The van der Waals surface area contributed by atoms with Crippen LogP contribution in [0, 0.1) is 35.5 Å². The number of likely N-dealkylation sites (N-methyl/N-ethyl adjacent to an activating group) is 4. The van der Waals surface area contributed by atoms with Crippen LogP contribution in [0.5, 0.6) is 0 Å². The van der Waals surface area contributed by atoms with Gasteiger partial charge in [0, 0.05) is 91.8 Å². The number of anilines is 3. The second kappa shape index (κ2) is 38.4. The topological polar surface area (TPSA) is 452 Å². The van der Waals surface area contributed by atoms with Gasteiger partial charge in [-0.25, -0.2) is 0 Å². The van der Waals surface area contributed by atoms with Crippen LogP contribution in [0.2, 0.25) is 0 Å². The molecule has 0 aliphatic carbocycles. The zero-order valence-electron chi connectivity index (χ0n) is 49.1. The Balaban J connectivity index is 2.38. The molecule has 15 N–H and O–H groups in total. The summed E-state index contributed by atoms with van der Waals surface area (Å²) in [6.07, 6.45) is -10.0. The number of rotatable bonds is 31. The normalized spacial score (nSPS) is 13.3. The van der Waals surface area contributed by atoms with E-state index in [2.05, 4.69) is 16.0 Å². The van der Waals surface area contributed by atoms with E-state index < -0.39 is 136 Å².